The van der Waals surface area contributed by atoms with E-state index in [4.69, 9.17) is 10.5 Å². The highest BCUT2D eigenvalue weighted by atomic mass is 16.5. The van der Waals surface area contributed by atoms with Gasteiger partial charge in [-0.15, -0.1) is 0 Å². The molecule has 0 bridgehead atoms. The fourth-order valence-corrected chi connectivity index (χ4v) is 2.14. The van der Waals surface area contributed by atoms with Crippen molar-refractivity contribution in [2.24, 2.45) is 5.73 Å². The molecule has 0 radical (unpaired) electrons. The van der Waals surface area contributed by atoms with Gasteiger partial charge in [-0.1, -0.05) is 13.0 Å². The summed E-state index contributed by atoms with van der Waals surface area (Å²) < 4.78 is 5.34. The molecule has 1 aromatic heterocycles. The maximum Gasteiger partial charge on any atom is 0.128 e. The van der Waals surface area contributed by atoms with Crippen molar-refractivity contribution < 1.29 is 4.74 Å². The molecule has 1 fully saturated rings. The Morgan fingerprint density at radius 2 is 2.12 bits per heavy atom. The fourth-order valence-electron chi connectivity index (χ4n) is 2.14. The number of pyridine rings is 1. The molecule has 1 aliphatic heterocycles. The molecule has 1 aliphatic rings. The number of nitrogens with two attached hydrogens (primary N) is 1. The molecule has 0 aromatic carbocycles. The zero-order chi connectivity index (χ0) is 12.3. The third kappa shape index (κ3) is 2.76. The SMILES string of the molecule is CCC(N)c1ccc(N2CCOCC2)nc1C. The zero-order valence-corrected chi connectivity index (χ0v) is 10.6. The van der Waals surface area contributed by atoms with Crippen molar-refractivity contribution in [1.29, 1.82) is 0 Å². The van der Waals surface area contributed by atoms with Gasteiger partial charge in [0.1, 0.15) is 5.82 Å². The number of hydrogen-bond acceptors (Lipinski definition) is 4. The molecule has 1 saturated heterocycles. The molecule has 2 rings (SSSR count). The first-order valence-electron chi connectivity index (χ1n) is 6.28. The second kappa shape index (κ2) is 5.47. The predicted octanol–water partition coefficient (Wildman–Crippen LogP) is 1.64. The number of aryl methyl sites for hydroxylation is 1. The van der Waals surface area contributed by atoms with Gasteiger partial charge < -0.3 is 15.4 Å². The minimum atomic E-state index is 0.0984. The predicted molar refractivity (Wildman–Crippen MR) is 69.2 cm³/mol. The maximum absolute atomic E-state index is 6.05. The average molecular weight is 235 g/mol. The van der Waals surface area contributed by atoms with Crippen LogP contribution < -0.4 is 10.6 Å². The number of anilines is 1. The average Bonchev–Trinajstić information content (AvgIpc) is 2.39. The highest BCUT2D eigenvalue weighted by Crippen LogP contribution is 2.21. The van der Waals surface area contributed by atoms with Gasteiger partial charge >= 0.3 is 0 Å². The highest BCUT2D eigenvalue weighted by Gasteiger charge is 2.14. The molecular formula is C13H21N3O. The molecule has 4 heteroatoms. The monoisotopic (exact) mass is 235 g/mol. The van der Waals surface area contributed by atoms with Gasteiger partial charge in [-0.25, -0.2) is 4.98 Å². The molecule has 17 heavy (non-hydrogen) atoms. The summed E-state index contributed by atoms with van der Waals surface area (Å²) >= 11 is 0. The van der Waals surface area contributed by atoms with Crippen LogP contribution in [-0.2, 0) is 4.74 Å². The maximum atomic E-state index is 6.05. The largest absolute Gasteiger partial charge is 0.378 e. The van der Waals surface area contributed by atoms with Gasteiger partial charge in [0, 0.05) is 24.8 Å². The van der Waals surface area contributed by atoms with E-state index < -0.39 is 0 Å². The van der Waals surface area contributed by atoms with Crippen LogP contribution in [0.5, 0.6) is 0 Å². The summed E-state index contributed by atoms with van der Waals surface area (Å²) in [6, 6.07) is 4.28. The Hall–Kier alpha value is -1.13. The quantitative estimate of drug-likeness (QED) is 0.865. The molecule has 2 heterocycles. The van der Waals surface area contributed by atoms with E-state index in [1.54, 1.807) is 0 Å². The lowest BCUT2D eigenvalue weighted by molar-refractivity contribution is 0.122. The van der Waals surface area contributed by atoms with Crippen LogP contribution in [0.15, 0.2) is 12.1 Å². The molecule has 1 unspecified atom stereocenters. The molecule has 2 N–H and O–H groups in total. The van der Waals surface area contributed by atoms with Gasteiger partial charge in [-0.3, -0.25) is 0 Å². The van der Waals surface area contributed by atoms with Crippen LogP contribution in [0.1, 0.15) is 30.6 Å². The van der Waals surface area contributed by atoms with E-state index in [9.17, 15) is 0 Å². The Bertz CT molecular complexity index is 375. The number of rotatable bonds is 3. The second-order valence-corrected chi connectivity index (χ2v) is 4.46. The van der Waals surface area contributed by atoms with E-state index >= 15 is 0 Å². The van der Waals surface area contributed by atoms with Gasteiger partial charge in [0.2, 0.25) is 0 Å². The summed E-state index contributed by atoms with van der Waals surface area (Å²) in [5.74, 6) is 1.04. The Morgan fingerprint density at radius 3 is 2.71 bits per heavy atom. The molecule has 0 aliphatic carbocycles. The Morgan fingerprint density at radius 1 is 1.41 bits per heavy atom. The zero-order valence-electron chi connectivity index (χ0n) is 10.6. The molecule has 4 nitrogen and oxygen atoms in total. The molecule has 0 spiro atoms. The third-order valence-electron chi connectivity index (χ3n) is 3.29. The van der Waals surface area contributed by atoms with E-state index in [0.29, 0.717) is 0 Å². The van der Waals surface area contributed by atoms with E-state index in [0.717, 1.165) is 49.8 Å². The van der Waals surface area contributed by atoms with Crippen LogP contribution in [0.4, 0.5) is 5.82 Å². The lowest BCUT2D eigenvalue weighted by Gasteiger charge is -2.28. The van der Waals surface area contributed by atoms with Crippen LogP contribution in [-0.4, -0.2) is 31.3 Å². The van der Waals surface area contributed by atoms with Crippen LogP contribution in [0.2, 0.25) is 0 Å². The van der Waals surface area contributed by atoms with Crippen molar-refractivity contribution in [1.82, 2.24) is 4.98 Å². The van der Waals surface area contributed by atoms with Crippen LogP contribution in [0, 0.1) is 6.92 Å². The van der Waals surface area contributed by atoms with Gasteiger partial charge in [0.05, 0.1) is 13.2 Å². The third-order valence-corrected chi connectivity index (χ3v) is 3.29. The summed E-state index contributed by atoms with van der Waals surface area (Å²) in [5.41, 5.74) is 8.25. The summed E-state index contributed by atoms with van der Waals surface area (Å²) in [4.78, 5) is 6.92. The first kappa shape index (κ1) is 12.3. The second-order valence-electron chi connectivity index (χ2n) is 4.46. The molecule has 1 atom stereocenters. The Labute approximate surface area is 103 Å². The molecule has 94 valence electrons. The van der Waals surface area contributed by atoms with Crippen molar-refractivity contribution in [2.45, 2.75) is 26.3 Å². The number of ether oxygens (including phenoxy) is 1. The van der Waals surface area contributed by atoms with Crippen LogP contribution in [0.25, 0.3) is 0 Å². The van der Waals surface area contributed by atoms with E-state index in [-0.39, 0.29) is 6.04 Å². The van der Waals surface area contributed by atoms with Gasteiger partial charge in [0.25, 0.3) is 0 Å². The van der Waals surface area contributed by atoms with Crippen molar-refractivity contribution in [3.05, 3.63) is 23.4 Å². The minimum Gasteiger partial charge on any atom is -0.378 e. The highest BCUT2D eigenvalue weighted by molar-refractivity contribution is 5.42. The summed E-state index contributed by atoms with van der Waals surface area (Å²) in [5, 5.41) is 0. The Balaban J connectivity index is 2.17. The lowest BCUT2D eigenvalue weighted by atomic mass is 10.0. The van der Waals surface area contributed by atoms with Crippen LogP contribution in [0.3, 0.4) is 0 Å². The molecule has 0 saturated carbocycles. The minimum absolute atomic E-state index is 0.0984. The number of aromatic nitrogens is 1. The fraction of sp³-hybridized carbons (Fsp3) is 0.615. The summed E-state index contributed by atoms with van der Waals surface area (Å²) in [6.45, 7) is 7.56. The van der Waals surface area contributed by atoms with E-state index in [1.165, 1.54) is 0 Å². The normalized spacial score (nSPS) is 18.2. The van der Waals surface area contributed by atoms with E-state index in [1.807, 2.05) is 6.92 Å². The van der Waals surface area contributed by atoms with Crippen molar-refractivity contribution in [3.63, 3.8) is 0 Å². The van der Waals surface area contributed by atoms with E-state index in [2.05, 4.69) is 28.9 Å². The number of nitrogens with zero attached hydrogens (tertiary/aromatic N) is 2. The Kier molecular flexibility index (Phi) is 3.97. The van der Waals surface area contributed by atoms with Crippen molar-refractivity contribution >= 4 is 5.82 Å². The first-order chi connectivity index (χ1) is 8.22. The molecule has 0 amide bonds. The number of morpholine rings is 1. The topological polar surface area (TPSA) is 51.4 Å². The van der Waals surface area contributed by atoms with Gasteiger partial charge in [0.15, 0.2) is 0 Å². The van der Waals surface area contributed by atoms with Gasteiger partial charge in [-0.05, 0) is 25.0 Å². The molecule has 1 aromatic rings. The lowest BCUT2D eigenvalue weighted by Crippen LogP contribution is -2.36. The van der Waals surface area contributed by atoms with Gasteiger partial charge in [-0.2, -0.15) is 0 Å². The van der Waals surface area contributed by atoms with Crippen molar-refractivity contribution in [3.8, 4) is 0 Å². The first-order valence-corrected chi connectivity index (χ1v) is 6.28. The number of hydrogen-bond donors (Lipinski definition) is 1. The standard InChI is InChI=1S/C13H21N3O/c1-3-12(14)11-4-5-13(15-10(11)2)16-6-8-17-9-7-16/h4-5,12H,3,6-9,14H2,1-2H3. The van der Waals surface area contributed by atoms with Crippen LogP contribution >= 0.6 is 0 Å². The smallest absolute Gasteiger partial charge is 0.128 e. The van der Waals surface area contributed by atoms with Crippen molar-refractivity contribution in [2.75, 3.05) is 31.2 Å². The summed E-state index contributed by atoms with van der Waals surface area (Å²) in [7, 11) is 0. The molecular weight excluding hydrogens is 214 g/mol. The summed E-state index contributed by atoms with van der Waals surface area (Å²) in [6.07, 6.45) is 0.944.